The average Bonchev–Trinajstić information content (AvgIpc) is 2.45. The zero-order valence-electron chi connectivity index (χ0n) is 11.1. The highest BCUT2D eigenvalue weighted by Gasteiger charge is 2.31. The molecule has 0 spiro atoms. The lowest BCUT2D eigenvalue weighted by atomic mass is 10.2. The van der Waals surface area contributed by atoms with Crippen LogP contribution in [-0.2, 0) is 10.9 Å². The maximum Gasteiger partial charge on any atom is 0.416 e. The number of halogens is 3. The van der Waals surface area contributed by atoms with E-state index in [9.17, 15) is 23.1 Å². The van der Waals surface area contributed by atoms with Crippen molar-refractivity contribution in [3.8, 4) is 0 Å². The molecule has 0 aliphatic carbocycles. The third-order valence-corrected chi connectivity index (χ3v) is 3.16. The Morgan fingerprint density at radius 1 is 1.33 bits per heavy atom. The summed E-state index contributed by atoms with van der Waals surface area (Å²) in [6, 6.07) is 4.31. The largest absolute Gasteiger partial charge is 0.465 e. The highest BCUT2D eigenvalue weighted by molar-refractivity contribution is 5.86. The molecule has 0 unspecified atom stereocenters. The fourth-order valence-electron chi connectivity index (χ4n) is 2.05. The molecule has 116 valence electrons. The summed E-state index contributed by atoms with van der Waals surface area (Å²) in [5.74, 6) is 0. The second kappa shape index (κ2) is 6.31. The van der Waals surface area contributed by atoms with Crippen LogP contribution in [0.2, 0.25) is 0 Å². The van der Waals surface area contributed by atoms with Crippen LogP contribution in [0.4, 0.5) is 23.7 Å². The number of amides is 1. The van der Waals surface area contributed by atoms with Gasteiger partial charge in [0.15, 0.2) is 0 Å². The Hall–Kier alpha value is -1.80. The van der Waals surface area contributed by atoms with Crippen molar-refractivity contribution in [2.24, 2.45) is 0 Å². The summed E-state index contributed by atoms with van der Waals surface area (Å²) in [6.45, 7) is 2.07. The van der Waals surface area contributed by atoms with Crippen LogP contribution in [-0.4, -0.2) is 49.1 Å². The summed E-state index contributed by atoms with van der Waals surface area (Å²) in [5, 5.41) is 9.24. The number of ether oxygens (including phenoxy) is 1. The number of alkyl halides is 3. The molecular formula is C13H15F3N2O3. The van der Waals surface area contributed by atoms with Crippen LogP contribution in [0, 0.1) is 0 Å². The smallest absolute Gasteiger partial charge is 0.416 e. The quantitative estimate of drug-likeness (QED) is 0.932. The SMILES string of the molecule is O=C(O)N(CN1CCOCC1)c1cccc(C(F)(F)F)c1. The van der Waals surface area contributed by atoms with Gasteiger partial charge in [0.05, 0.1) is 25.4 Å². The molecule has 0 aromatic heterocycles. The van der Waals surface area contributed by atoms with Gasteiger partial charge in [0.1, 0.15) is 0 Å². The number of rotatable bonds is 3. The van der Waals surface area contributed by atoms with Crippen molar-refractivity contribution < 1.29 is 27.8 Å². The highest BCUT2D eigenvalue weighted by atomic mass is 19.4. The van der Waals surface area contributed by atoms with Crippen LogP contribution in [0.5, 0.6) is 0 Å². The number of hydrogen-bond donors (Lipinski definition) is 1. The Balaban J connectivity index is 2.19. The zero-order chi connectivity index (χ0) is 15.5. The molecule has 0 radical (unpaired) electrons. The van der Waals surface area contributed by atoms with Crippen LogP contribution >= 0.6 is 0 Å². The number of morpholine rings is 1. The van der Waals surface area contributed by atoms with Gasteiger partial charge >= 0.3 is 12.3 Å². The maximum atomic E-state index is 12.7. The van der Waals surface area contributed by atoms with Crippen LogP contribution in [0.15, 0.2) is 24.3 Å². The summed E-state index contributed by atoms with van der Waals surface area (Å²) in [7, 11) is 0. The number of hydrogen-bond acceptors (Lipinski definition) is 3. The molecule has 0 bridgehead atoms. The molecule has 1 aliphatic rings. The fraction of sp³-hybridized carbons (Fsp3) is 0.462. The van der Waals surface area contributed by atoms with Gasteiger partial charge in [-0.2, -0.15) is 13.2 Å². The predicted molar refractivity (Wildman–Crippen MR) is 69.2 cm³/mol. The van der Waals surface area contributed by atoms with Gasteiger partial charge in [0.2, 0.25) is 0 Å². The van der Waals surface area contributed by atoms with Gasteiger partial charge in [0.25, 0.3) is 0 Å². The van der Waals surface area contributed by atoms with Crippen LogP contribution in [0.25, 0.3) is 0 Å². The lowest BCUT2D eigenvalue weighted by Crippen LogP contribution is -2.46. The summed E-state index contributed by atoms with van der Waals surface area (Å²) >= 11 is 0. The van der Waals surface area contributed by atoms with E-state index >= 15 is 0 Å². The Labute approximate surface area is 119 Å². The van der Waals surface area contributed by atoms with Crippen molar-refractivity contribution in [2.45, 2.75) is 6.18 Å². The molecular weight excluding hydrogens is 289 g/mol. The minimum atomic E-state index is -4.50. The standard InChI is InChI=1S/C13H15F3N2O3/c14-13(15,16)10-2-1-3-11(8-10)18(12(19)20)9-17-4-6-21-7-5-17/h1-3,8H,4-7,9H2,(H,19,20). The molecule has 8 heteroatoms. The lowest BCUT2D eigenvalue weighted by molar-refractivity contribution is -0.137. The van der Waals surface area contributed by atoms with Crippen molar-refractivity contribution in [1.29, 1.82) is 0 Å². The van der Waals surface area contributed by atoms with Gasteiger partial charge in [-0.05, 0) is 18.2 Å². The number of anilines is 1. The van der Waals surface area contributed by atoms with Gasteiger partial charge in [-0.1, -0.05) is 6.07 Å². The molecule has 1 fully saturated rings. The molecule has 2 rings (SSSR count). The van der Waals surface area contributed by atoms with E-state index in [1.807, 2.05) is 4.90 Å². The average molecular weight is 304 g/mol. The summed E-state index contributed by atoms with van der Waals surface area (Å²) in [4.78, 5) is 14.0. The van der Waals surface area contributed by atoms with Crippen LogP contribution < -0.4 is 4.90 Å². The van der Waals surface area contributed by atoms with Crippen molar-refractivity contribution in [3.63, 3.8) is 0 Å². The third-order valence-electron chi connectivity index (χ3n) is 3.16. The Bertz CT molecular complexity index is 502. The molecule has 1 aliphatic heterocycles. The first-order chi connectivity index (χ1) is 9.88. The van der Waals surface area contributed by atoms with E-state index in [2.05, 4.69) is 0 Å². The molecule has 21 heavy (non-hydrogen) atoms. The maximum absolute atomic E-state index is 12.7. The zero-order valence-corrected chi connectivity index (χ0v) is 11.1. The molecule has 0 saturated carbocycles. The van der Waals surface area contributed by atoms with E-state index in [0.29, 0.717) is 26.3 Å². The van der Waals surface area contributed by atoms with E-state index in [1.165, 1.54) is 12.1 Å². The third kappa shape index (κ3) is 4.08. The lowest BCUT2D eigenvalue weighted by Gasteiger charge is -2.31. The second-order valence-corrected chi connectivity index (χ2v) is 4.63. The minimum Gasteiger partial charge on any atom is -0.465 e. The molecule has 0 atom stereocenters. The molecule has 1 amide bonds. The summed E-state index contributed by atoms with van der Waals surface area (Å²) in [5.41, 5.74) is -0.864. The van der Waals surface area contributed by atoms with Crippen molar-refractivity contribution in [3.05, 3.63) is 29.8 Å². The van der Waals surface area contributed by atoms with Gasteiger partial charge in [0, 0.05) is 18.8 Å². The van der Waals surface area contributed by atoms with Gasteiger partial charge in [-0.15, -0.1) is 0 Å². The number of carbonyl (C=O) groups is 1. The molecule has 1 aromatic carbocycles. The topological polar surface area (TPSA) is 53.0 Å². The highest BCUT2D eigenvalue weighted by Crippen LogP contribution is 2.31. The number of benzene rings is 1. The molecule has 1 saturated heterocycles. The van der Waals surface area contributed by atoms with E-state index in [-0.39, 0.29) is 12.4 Å². The van der Waals surface area contributed by atoms with Gasteiger partial charge in [-0.3, -0.25) is 9.80 Å². The van der Waals surface area contributed by atoms with Crippen LogP contribution in [0.3, 0.4) is 0 Å². The molecule has 1 aromatic rings. The monoisotopic (exact) mass is 304 g/mol. The van der Waals surface area contributed by atoms with E-state index in [4.69, 9.17) is 4.74 Å². The summed E-state index contributed by atoms with van der Waals surface area (Å²) in [6.07, 6.45) is -5.79. The van der Waals surface area contributed by atoms with E-state index in [1.54, 1.807) is 0 Å². The molecule has 1 N–H and O–H groups in total. The van der Waals surface area contributed by atoms with Gasteiger partial charge < -0.3 is 9.84 Å². The second-order valence-electron chi connectivity index (χ2n) is 4.63. The van der Waals surface area contributed by atoms with Crippen molar-refractivity contribution in [2.75, 3.05) is 37.9 Å². The van der Waals surface area contributed by atoms with Gasteiger partial charge in [-0.25, -0.2) is 4.79 Å². The Kier molecular flexibility index (Phi) is 4.69. The number of carboxylic acid groups (broad SMARTS) is 1. The normalized spacial score (nSPS) is 16.7. The van der Waals surface area contributed by atoms with E-state index < -0.39 is 17.8 Å². The minimum absolute atomic E-state index is 0.00353. The van der Waals surface area contributed by atoms with Crippen LogP contribution in [0.1, 0.15) is 5.56 Å². The Morgan fingerprint density at radius 3 is 2.57 bits per heavy atom. The van der Waals surface area contributed by atoms with Crippen molar-refractivity contribution >= 4 is 11.8 Å². The first kappa shape index (κ1) is 15.6. The fourth-order valence-corrected chi connectivity index (χ4v) is 2.05. The molecule has 5 nitrogen and oxygen atoms in total. The first-order valence-electron chi connectivity index (χ1n) is 6.36. The van der Waals surface area contributed by atoms with Crippen molar-refractivity contribution in [1.82, 2.24) is 4.90 Å². The Morgan fingerprint density at radius 2 is 2.00 bits per heavy atom. The number of nitrogens with zero attached hydrogens (tertiary/aromatic N) is 2. The molecule has 1 heterocycles. The van der Waals surface area contributed by atoms with E-state index in [0.717, 1.165) is 17.0 Å². The summed E-state index contributed by atoms with van der Waals surface area (Å²) < 4.78 is 43.2. The predicted octanol–water partition coefficient (Wildman–Crippen LogP) is 2.48. The first-order valence-corrected chi connectivity index (χ1v) is 6.36.